The molecular weight excluding hydrogens is 246 g/mol. The number of carboxylic acid groups (broad SMARTS) is 1. The molecule has 0 aromatic rings. The van der Waals surface area contributed by atoms with Gasteiger partial charge in [0.2, 0.25) is 5.91 Å². The van der Waals surface area contributed by atoms with Gasteiger partial charge in [0.1, 0.15) is 0 Å². The first-order valence-corrected chi connectivity index (χ1v) is 6.98. The highest BCUT2D eigenvalue weighted by Gasteiger charge is 2.13. The van der Waals surface area contributed by atoms with E-state index in [1.807, 2.05) is 13.8 Å². The van der Waals surface area contributed by atoms with Gasteiger partial charge in [0, 0.05) is 13.1 Å². The lowest BCUT2D eigenvalue weighted by atomic mass is 10.1. The number of hydrogen-bond acceptors (Lipinski definition) is 3. The number of amides is 1. The van der Waals surface area contributed by atoms with Crippen molar-refractivity contribution < 1.29 is 19.4 Å². The number of aliphatic carboxylic acids is 1. The van der Waals surface area contributed by atoms with E-state index in [9.17, 15) is 9.59 Å². The lowest BCUT2D eigenvalue weighted by molar-refractivity contribution is -0.138. The molecule has 0 spiro atoms. The van der Waals surface area contributed by atoms with E-state index in [4.69, 9.17) is 9.84 Å². The normalized spacial score (nSPS) is 12.5. The van der Waals surface area contributed by atoms with Crippen molar-refractivity contribution in [1.82, 2.24) is 4.90 Å². The Hall–Kier alpha value is -1.10. The van der Waals surface area contributed by atoms with E-state index >= 15 is 0 Å². The SMILES string of the molecule is CCN(CCC(=O)O)C(=O)CCOC(C)CC(C)C. The van der Waals surface area contributed by atoms with Crippen molar-refractivity contribution in [3.8, 4) is 0 Å². The molecule has 5 heteroatoms. The van der Waals surface area contributed by atoms with Crippen LogP contribution < -0.4 is 0 Å². The lowest BCUT2D eigenvalue weighted by Crippen LogP contribution is -2.33. The Kier molecular flexibility index (Phi) is 9.21. The third-order valence-corrected chi connectivity index (χ3v) is 2.85. The summed E-state index contributed by atoms with van der Waals surface area (Å²) in [5.74, 6) is -0.345. The standard InChI is InChI=1S/C14H27NO4/c1-5-15(8-6-14(17)18)13(16)7-9-19-12(4)10-11(2)3/h11-12H,5-10H2,1-4H3,(H,17,18). The first-order chi connectivity index (χ1) is 8.86. The molecule has 1 unspecified atom stereocenters. The maximum Gasteiger partial charge on any atom is 0.305 e. The minimum absolute atomic E-state index is 0.00973. The van der Waals surface area contributed by atoms with E-state index in [2.05, 4.69) is 13.8 Å². The summed E-state index contributed by atoms with van der Waals surface area (Å²) in [6.07, 6.45) is 1.44. The maximum absolute atomic E-state index is 11.8. The zero-order valence-electron chi connectivity index (χ0n) is 12.5. The fourth-order valence-corrected chi connectivity index (χ4v) is 1.93. The molecule has 5 nitrogen and oxygen atoms in total. The molecule has 0 aromatic carbocycles. The van der Waals surface area contributed by atoms with Crippen LogP contribution in [0.25, 0.3) is 0 Å². The van der Waals surface area contributed by atoms with Crippen molar-refractivity contribution in [2.75, 3.05) is 19.7 Å². The third-order valence-electron chi connectivity index (χ3n) is 2.85. The Bertz CT molecular complexity index is 279. The number of ether oxygens (including phenoxy) is 1. The molecule has 0 radical (unpaired) electrons. The van der Waals surface area contributed by atoms with Gasteiger partial charge in [0.25, 0.3) is 0 Å². The zero-order chi connectivity index (χ0) is 14.8. The van der Waals surface area contributed by atoms with E-state index in [0.717, 1.165) is 6.42 Å². The molecule has 1 N–H and O–H groups in total. The van der Waals surface area contributed by atoms with Crippen LogP contribution in [0.1, 0.15) is 47.0 Å². The molecule has 1 atom stereocenters. The van der Waals surface area contributed by atoms with Gasteiger partial charge in [0.05, 0.1) is 25.6 Å². The zero-order valence-corrected chi connectivity index (χ0v) is 12.5. The van der Waals surface area contributed by atoms with Gasteiger partial charge in [-0.2, -0.15) is 0 Å². The molecule has 0 rings (SSSR count). The molecule has 0 fully saturated rings. The van der Waals surface area contributed by atoms with Crippen molar-refractivity contribution >= 4 is 11.9 Å². The van der Waals surface area contributed by atoms with Crippen LogP contribution in [-0.2, 0) is 14.3 Å². The molecular formula is C14H27NO4. The van der Waals surface area contributed by atoms with Crippen molar-refractivity contribution in [3.05, 3.63) is 0 Å². The summed E-state index contributed by atoms with van der Waals surface area (Å²) in [6, 6.07) is 0. The number of hydrogen-bond donors (Lipinski definition) is 1. The summed E-state index contributed by atoms with van der Waals surface area (Å²) >= 11 is 0. The van der Waals surface area contributed by atoms with E-state index in [-0.39, 0.29) is 25.0 Å². The fraction of sp³-hybridized carbons (Fsp3) is 0.857. The molecule has 0 saturated carbocycles. The van der Waals surface area contributed by atoms with E-state index in [1.165, 1.54) is 0 Å². The van der Waals surface area contributed by atoms with Gasteiger partial charge in [-0.15, -0.1) is 0 Å². The Morgan fingerprint density at radius 1 is 1.21 bits per heavy atom. The topological polar surface area (TPSA) is 66.8 Å². The summed E-state index contributed by atoms with van der Waals surface area (Å²) in [6.45, 7) is 9.33. The van der Waals surface area contributed by atoms with Crippen molar-refractivity contribution in [1.29, 1.82) is 0 Å². The predicted molar refractivity (Wildman–Crippen MR) is 74.0 cm³/mol. The van der Waals surface area contributed by atoms with Crippen LogP contribution in [0.4, 0.5) is 0 Å². The quantitative estimate of drug-likeness (QED) is 0.662. The molecule has 0 bridgehead atoms. The summed E-state index contributed by atoms with van der Waals surface area (Å²) in [5, 5.41) is 8.61. The van der Waals surface area contributed by atoms with Crippen LogP contribution in [0.5, 0.6) is 0 Å². The molecule has 0 aliphatic carbocycles. The van der Waals surface area contributed by atoms with Gasteiger partial charge >= 0.3 is 5.97 Å². The highest BCUT2D eigenvalue weighted by molar-refractivity contribution is 5.77. The highest BCUT2D eigenvalue weighted by atomic mass is 16.5. The van der Waals surface area contributed by atoms with Crippen molar-refractivity contribution in [2.24, 2.45) is 5.92 Å². The van der Waals surface area contributed by atoms with Gasteiger partial charge < -0.3 is 14.7 Å². The monoisotopic (exact) mass is 273 g/mol. The van der Waals surface area contributed by atoms with Crippen LogP contribution in [0.2, 0.25) is 0 Å². The molecule has 19 heavy (non-hydrogen) atoms. The number of carbonyl (C=O) groups is 2. The number of nitrogens with zero attached hydrogens (tertiary/aromatic N) is 1. The average molecular weight is 273 g/mol. The van der Waals surface area contributed by atoms with Gasteiger partial charge in [-0.3, -0.25) is 9.59 Å². The van der Waals surface area contributed by atoms with Crippen LogP contribution in [0.15, 0.2) is 0 Å². The predicted octanol–water partition coefficient (Wildman–Crippen LogP) is 2.15. The molecule has 0 saturated heterocycles. The second-order valence-corrected chi connectivity index (χ2v) is 5.18. The van der Waals surface area contributed by atoms with Crippen LogP contribution in [-0.4, -0.2) is 47.7 Å². The Balaban J connectivity index is 3.90. The first-order valence-electron chi connectivity index (χ1n) is 6.98. The highest BCUT2D eigenvalue weighted by Crippen LogP contribution is 2.08. The lowest BCUT2D eigenvalue weighted by Gasteiger charge is -2.21. The maximum atomic E-state index is 11.8. The van der Waals surface area contributed by atoms with Crippen LogP contribution in [0.3, 0.4) is 0 Å². The second-order valence-electron chi connectivity index (χ2n) is 5.18. The Morgan fingerprint density at radius 3 is 2.32 bits per heavy atom. The van der Waals surface area contributed by atoms with Gasteiger partial charge in [-0.25, -0.2) is 0 Å². The number of rotatable bonds is 10. The molecule has 0 aliphatic heterocycles. The molecule has 0 aromatic heterocycles. The second kappa shape index (κ2) is 9.78. The third kappa shape index (κ3) is 9.47. The van der Waals surface area contributed by atoms with Gasteiger partial charge in [0.15, 0.2) is 0 Å². The minimum Gasteiger partial charge on any atom is -0.481 e. The van der Waals surface area contributed by atoms with Crippen molar-refractivity contribution in [2.45, 2.75) is 53.1 Å². The summed E-state index contributed by atoms with van der Waals surface area (Å²) < 4.78 is 5.58. The van der Waals surface area contributed by atoms with Crippen molar-refractivity contribution in [3.63, 3.8) is 0 Å². The minimum atomic E-state index is -0.881. The number of carbonyl (C=O) groups excluding carboxylic acids is 1. The fourth-order valence-electron chi connectivity index (χ4n) is 1.93. The molecule has 0 heterocycles. The molecule has 112 valence electrons. The number of carboxylic acids is 1. The molecule has 1 amide bonds. The Morgan fingerprint density at radius 2 is 1.84 bits per heavy atom. The van der Waals surface area contributed by atoms with Crippen LogP contribution >= 0.6 is 0 Å². The summed E-state index contributed by atoms with van der Waals surface area (Å²) in [7, 11) is 0. The van der Waals surface area contributed by atoms with E-state index in [0.29, 0.717) is 25.5 Å². The summed E-state index contributed by atoms with van der Waals surface area (Å²) in [5.41, 5.74) is 0. The Labute approximate surface area is 115 Å². The van der Waals surface area contributed by atoms with Gasteiger partial charge in [-0.1, -0.05) is 13.8 Å². The smallest absolute Gasteiger partial charge is 0.305 e. The first kappa shape index (κ1) is 17.9. The average Bonchev–Trinajstić information content (AvgIpc) is 2.28. The van der Waals surface area contributed by atoms with E-state index in [1.54, 1.807) is 4.90 Å². The van der Waals surface area contributed by atoms with Crippen LogP contribution in [0, 0.1) is 5.92 Å². The van der Waals surface area contributed by atoms with Gasteiger partial charge in [-0.05, 0) is 26.2 Å². The summed E-state index contributed by atoms with van der Waals surface area (Å²) in [4.78, 5) is 23.9. The molecule has 0 aliphatic rings. The largest absolute Gasteiger partial charge is 0.481 e. The van der Waals surface area contributed by atoms with E-state index < -0.39 is 5.97 Å².